The largest absolute Gasteiger partial charge is 0.480 e. The van der Waals surface area contributed by atoms with Crippen LogP contribution in [0.3, 0.4) is 0 Å². The Morgan fingerprint density at radius 1 is 1.35 bits per heavy atom. The minimum atomic E-state index is -1.09. The summed E-state index contributed by atoms with van der Waals surface area (Å²) < 4.78 is 5.20. The predicted molar refractivity (Wildman–Crippen MR) is 73.2 cm³/mol. The molecule has 0 heterocycles. The summed E-state index contributed by atoms with van der Waals surface area (Å²) in [5.74, 6) is -1.70. The Morgan fingerprint density at radius 2 is 2.00 bits per heavy atom. The zero-order valence-electron chi connectivity index (χ0n) is 12.3. The molecule has 2 amide bonds. The third kappa shape index (κ3) is 7.73. The third-order valence-electron chi connectivity index (χ3n) is 2.74. The Hall–Kier alpha value is -1.63. The normalized spacial score (nSPS) is 11.8. The van der Waals surface area contributed by atoms with Crippen LogP contribution >= 0.6 is 0 Å². The van der Waals surface area contributed by atoms with E-state index >= 15 is 0 Å². The molecule has 0 aliphatic rings. The van der Waals surface area contributed by atoms with Gasteiger partial charge in [-0.3, -0.25) is 9.59 Å². The Morgan fingerprint density at radius 3 is 2.50 bits per heavy atom. The first-order valence-corrected chi connectivity index (χ1v) is 6.74. The topological polar surface area (TPSA) is 95.9 Å². The van der Waals surface area contributed by atoms with Crippen LogP contribution in [0.15, 0.2) is 0 Å². The van der Waals surface area contributed by atoms with Crippen molar-refractivity contribution in [3.8, 4) is 0 Å². The summed E-state index contributed by atoms with van der Waals surface area (Å²) >= 11 is 0. The molecule has 0 aliphatic carbocycles. The molecule has 0 aromatic heterocycles. The van der Waals surface area contributed by atoms with E-state index in [9.17, 15) is 14.4 Å². The zero-order chi connectivity index (χ0) is 15.5. The maximum atomic E-state index is 12.0. The quantitative estimate of drug-likeness (QED) is 0.561. The van der Waals surface area contributed by atoms with Gasteiger partial charge in [0.1, 0.15) is 12.6 Å². The highest BCUT2D eigenvalue weighted by molar-refractivity contribution is 5.84. The SMILES string of the molecule is CCCCOCC(=O)N(CCNC(C)=O)C(C)C(=O)O. The summed E-state index contributed by atoms with van der Waals surface area (Å²) in [6, 6.07) is -0.953. The number of aliphatic carboxylic acids is 1. The van der Waals surface area contributed by atoms with Crippen molar-refractivity contribution < 1.29 is 24.2 Å². The molecule has 20 heavy (non-hydrogen) atoms. The van der Waals surface area contributed by atoms with E-state index < -0.39 is 12.0 Å². The predicted octanol–water partition coefficient (Wildman–Crippen LogP) is 0.241. The van der Waals surface area contributed by atoms with Crippen LogP contribution in [0.1, 0.15) is 33.6 Å². The van der Waals surface area contributed by atoms with Gasteiger partial charge in [0.15, 0.2) is 0 Å². The second-order valence-corrected chi connectivity index (χ2v) is 4.49. The Kier molecular flexibility index (Phi) is 9.36. The Labute approximate surface area is 119 Å². The number of nitrogens with zero attached hydrogens (tertiary/aromatic N) is 1. The Balaban J connectivity index is 4.38. The fourth-order valence-corrected chi connectivity index (χ4v) is 1.51. The molecule has 0 bridgehead atoms. The van der Waals surface area contributed by atoms with Crippen molar-refractivity contribution in [3.63, 3.8) is 0 Å². The van der Waals surface area contributed by atoms with Crippen molar-refractivity contribution in [1.29, 1.82) is 0 Å². The van der Waals surface area contributed by atoms with Crippen molar-refractivity contribution in [2.24, 2.45) is 0 Å². The zero-order valence-corrected chi connectivity index (χ0v) is 12.3. The number of carbonyl (C=O) groups is 3. The number of ether oxygens (including phenoxy) is 1. The van der Waals surface area contributed by atoms with Gasteiger partial charge in [-0.1, -0.05) is 13.3 Å². The van der Waals surface area contributed by atoms with Gasteiger partial charge in [0, 0.05) is 26.6 Å². The molecule has 0 spiro atoms. The average Bonchev–Trinajstić information content (AvgIpc) is 2.38. The molecule has 1 atom stereocenters. The van der Waals surface area contributed by atoms with Crippen LogP contribution in [0.2, 0.25) is 0 Å². The molecule has 2 N–H and O–H groups in total. The lowest BCUT2D eigenvalue weighted by atomic mass is 10.2. The van der Waals surface area contributed by atoms with Crippen molar-refractivity contribution in [2.75, 3.05) is 26.3 Å². The standard InChI is InChI=1S/C13H24N2O5/c1-4-5-8-20-9-12(17)15(10(2)13(18)19)7-6-14-11(3)16/h10H,4-9H2,1-3H3,(H,14,16)(H,18,19). The van der Waals surface area contributed by atoms with E-state index in [0.29, 0.717) is 6.61 Å². The number of hydrogen-bond donors (Lipinski definition) is 2. The molecule has 7 nitrogen and oxygen atoms in total. The monoisotopic (exact) mass is 288 g/mol. The molecule has 0 radical (unpaired) electrons. The van der Waals surface area contributed by atoms with E-state index in [2.05, 4.69) is 5.32 Å². The van der Waals surface area contributed by atoms with Gasteiger partial charge >= 0.3 is 5.97 Å². The smallest absolute Gasteiger partial charge is 0.326 e. The second-order valence-electron chi connectivity index (χ2n) is 4.49. The van der Waals surface area contributed by atoms with Crippen molar-refractivity contribution in [1.82, 2.24) is 10.2 Å². The van der Waals surface area contributed by atoms with Crippen molar-refractivity contribution in [3.05, 3.63) is 0 Å². The maximum Gasteiger partial charge on any atom is 0.326 e. The molecule has 116 valence electrons. The van der Waals surface area contributed by atoms with Gasteiger partial charge in [-0.25, -0.2) is 4.79 Å². The average molecular weight is 288 g/mol. The number of rotatable bonds is 10. The van der Waals surface area contributed by atoms with Crippen LogP contribution < -0.4 is 5.32 Å². The number of hydrogen-bond acceptors (Lipinski definition) is 4. The van der Waals surface area contributed by atoms with E-state index in [4.69, 9.17) is 9.84 Å². The number of carbonyl (C=O) groups excluding carboxylic acids is 2. The molecule has 7 heteroatoms. The fourth-order valence-electron chi connectivity index (χ4n) is 1.51. The van der Waals surface area contributed by atoms with E-state index in [0.717, 1.165) is 12.8 Å². The summed E-state index contributed by atoms with van der Waals surface area (Å²) in [6.45, 7) is 5.50. The number of carboxylic acids is 1. The molecule has 0 fully saturated rings. The molecule has 0 aromatic rings. The van der Waals surface area contributed by atoms with E-state index in [-0.39, 0.29) is 31.5 Å². The highest BCUT2D eigenvalue weighted by Gasteiger charge is 2.25. The first-order valence-electron chi connectivity index (χ1n) is 6.74. The number of unbranched alkanes of at least 4 members (excludes halogenated alkanes) is 1. The molecular weight excluding hydrogens is 264 g/mol. The second kappa shape index (κ2) is 10.2. The summed E-state index contributed by atoms with van der Waals surface area (Å²) in [5, 5.41) is 11.5. The molecular formula is C13H24N2O5. The van der Waals surface area contributed by atoms with Crippen LogP contribution in [-0.2, 0) is 19.1 Å². The van der Waals surface area contributed by atoms with Gasteiger partial charge in [-0.15, -0.1) is 0 Å². The minimum absolute atomic E-state index is 0.141. The van der Waals surface area contributed by atoms with Gasteiger partial charge in [-0.2, -0.15) is 0 Å². The summed E-state index contributed by atoms with van der Waals surface area (Å²) in [4.78, 5) is 34.9. The lowest BCUT2D eigenvalue weighted by Gasteiger charge is -2.26. The highest BCUT2D eigenvalue weighted by Crippen LogP contribution is 2.01. The van der Waals surface area contributed by atoms with Gasteiger partial charge in [-0.05, 0) is 13.3 Å². The third-order valence-corrected chi connectivity index (χ3v) is 2.74. The van der Waals surface area contributed by atoms with E-state index in [1.165, 1.54) is 18.7 Å². The van der Waals surface area contributed by atoms with Gasteiger partial charge in [0.2, 0.25) is 11.8 Å². The molecule has 0 aromatic carbocycles. The van der Waals surface area contributed by atoms with Crippen LogP contribution in [0.5, 0.6) is 0 Å². The van der Waals surface area contributed by atoms with Crippen molar-refractivity contribution >= 4 is 17.8 Å². The van der Waals surface area contributed by atoms with Crippen LogP contribution in [0.25, 0.3) is 0 Å². The molecule has 0 aliphatic heterocycles. The van der Waals surface area contributed by atoms with Gasteiger partial charge in [0.25, 0.3) is 0 Å². The van der Waals surface area contributed by atoms with E-state index in [1.807, 2.05) is 6.92 Å². The lowest BCUT2D eigenvalue weighted by molar-refractivity contribution is -0.151. The molecule has 0 saturated heterocycles. The first-order chi connectivity index (χ1) is 9.40. The summed E-state index contributed by atoms with van der Waals surface area (Å²) in [6.07, 6.45) is 1.82. The van der Waals surface area contributed by atoms with Crippen LogP contribution in [0, 0.1) is 0 Å². The number of nitrogens with one attached hydrogen (secondary N) is 1. The first kappa shape index (κ1) is 18.4. The summed E-state index contributed by atoms with van der Waals surface area (Å²) in [5.41, 5.74) is 0. The number of carboxylic acid groups (broad SMARTS) is 1. The number of amides is 2. The molecule has 0 rings (SSSR count). The minimum Gasteiger partial charge on any atom is -0.480 e. The summed E-state index contributed by atoms with van der Waals surface area (Å²) in [7, 11) is 0. The highest BCUT2D eigenvalue weighted by atomic mass is 16.5. The molecule has 1 unspecified atom stereocenters. The van der Waals surface area contributed by atoms with Gasteiger partial charge in [0.05, 0.1) is 0 Å². The van der Waals surface area contributed by atoms with Crippen molar-refractivity contribution in [2.45, 2.75) is 39.7 Å². The van der Waals surface area contributed by atoms with E-state index in [1.54, 1.807) is 0 Å². The Bertz CT molecular complexity index is 333. The maximum absolute atomic E-state index is 12.0. The van der Waals surface area contributed by atoms with Crippen LogP contribution in [-0.4, -0.2) is 60.1 Å². The molecule has 0 saturated carbocycles. The van der Waals surface area contributed by atoms with Crippen LogP contribution in [0.4, 0.5) is 0 Å². The van der Waals surface area contributed by atoms with Gasteiger partial charge < -0.3 is 20.1 Å². The lowest BCUT2D eigenvalue weighted by Crippen LogP contribution is -2.48. The fraction of sp³-hybridized carbons (Fsp3) is 0.769.